The van der Waals surface area contributed by atoms with Crippen LogP contribution in [0.3, 0.4) is 0 Å². The molecular formula is C14H21N3O. The Morgan fingerprint density at radius 2 is 2.28 bits per heavy atom. The van der Waals surface area contributed by atoms with Gasteiger partial charge in [0.15, 0.2) is 0 Å². The number of likely N-dealkylation sites (N-methyl/N-ethyl adjacent to an activating group) is 1. The first-order chi connectivity index (χ1) is 8.70. The molecule has 0 aromatic heterocycles. The van der Waals surface area contributed by atoms with Crippen LogP contribution in [0.5, 0.6) is 0 Å². The smallest absolute Gasteiger partial charge is 0.233 e. The van der Waals surface area contributed by atoms with Crippen LogP contribution in [-0.2, 0) is 17.8 Å². The molecule has 1 aliphatic heterocycles. The number of aryl methyl sites for hydroxylation is 1. The molecule has 18 heavy (non-hydrogen) atoms. The van der Waals surface area contributed by atoms with Crippen molar-refractivity contribution in [3.8, 4) is 0 Å². The number of anilines is 1. The molecule has 0 fully saturated rings. The number of nitrogens with one attached hydrogen (secondary N) is 2. The van der Waals surface area contributed by atoms with E-state index in [1.54, 1.807) is 7.05 Å². The van der Waals surface area contributed by atoms with Crippen molar-refractivity contribution in [2.45, 2.75) is 19.4 Å². The molecule has 2 N–H and O–H groups in total. The second-order valence-electron chi connectivity index (χ2n) is 4.76. The maximum absolute atomic E-state index is 11.1. The first-order valence-corrected chi connectivity index (χ1v) is 6.45. The highest BCUT2D eigenvalue weighted by Gasteiger charge is 2.13. The van der Waals surface area contributed by atoms with Crippen molar-refractivity contribution in [2.24, 2.45) is 0 Å². The predicted octanol–water partition coefficient (Wildman–Crippen LogP) is 0.905. The average molecular weight is 247 g/mol. The molecule has 0 unspecified atom stereocenters. The Hall–Kier alpha value is -1.55. The number of fused-ring (bicyclic) bond motifs is 1. The van der Waals surface area contributed by atoms with Crippen molar-refractivity contribution in [1.29, 1.82) is 0 Å². The molecule has 0 atom stereocenters. The first-order valence-electron chi connectivity index (χ1n) is 6.45. The van der Waals surface area contributed by atoms with E-state index in [0.717, 1.165) is 19.5 Å². The lowest BCUT2D eigenvalue weighted by Crippen LogP contribution is -2.31. The Balaban J connectivity index is 1.96. The highest BCUT2D eigenvalue weighted by Crippen LogP contribution is 2.26. The minimum Gasteiger partial charge on any atom is -0.374 e. The Labute approximate surface area is 108 Å². The summed E-state index contributed by atoms with van der Waals surface area (Å²) in [5, 5.41) is 5.74. The van der Waals surface area contributed by atoms with E-state index >= 15 is 0 Å². The number of amides is 1. The number of benzene rings is 1. The van der Waals surface area contributed by atoms with Gasteiger partial charge in [-0.2, -0.15) is 0 Å². The number of rotatable bonds is 4. The van der Waals surface area contributed by atoms with Crippen molar-refractivity contribution >= 4 is 11.6 Å². The van der Waals surface area contributed by atoms with E-state index in [-0.39, 0.29) is 5.91 Å². The zero-order valence-corrected chi connectivity index (χ0v) is 11.1. The lowest BCUT2D eigenvalue weighted by atomic mass is 9.99. The number of carbonyl (C=O) groups excluding carboxylic acids is 1. The van der Waals surface area contributed by atoms with Crippen molar-refractivity contribution in [2.75, 3.05) is 32.1 Å². The summed E-state index contributed by atoms with van der Waals surface area (Å²) < 4.78 is 0. The minimum absolute atomic E-state index is 0.0210. The summed E-state index contributed by atoms with van der Waals surface area (Å²) in [5.41, 5.74) is 4.01. The van der Waals surface area contributed by atoms with Gasteiger partial charge in [-0.05, 0) is 30.0 Å². The van der Waals surface area contributed by atoms with Crippen molar-refractivity contribution in [3.63, 3.8) is 0 Å². The van der Waals surface area contributed by atoms with Gasteiger partial charge in [0.25, 0.3) is 0 Å². The molecule has 0 saturated carbocycles. The van der Waals surface area contributed by atoms with E-state index in [0.29, 0.717) is 6.54 Å². The summed E-state index contributed by atoms with van der Waals surface area (Å²) in [4.78, 5) is 13.4. The number of nitrogens with zero attached hydrogens (tertiary/aromatic N) is 1. The maximum Gasteiger partial charge on any atom is 0.233 e. The van der Waals surface area contributed by atoms with Gasteiger partial charge in [0, 0.05) is 32.9 Å². The summed E-state index contributed by atoms with van der Waals surface area (Å²) in [7, 11) is 3.79. The highest BCUT2D eigenvalue weighted by molar-refractivity contribution is 5.77. The number of carbonyl (C=O) groups is 1. The molecule has 1 aliphatic rings. The molecule has 98 valence electrons. The van der Waals surface area contributed by atoms with E-state index in [2.05, 4.69) is 40.8 Å². The van der Waals surface area contributed by atoms with Crippen LogP contribution < -0.4 is 15.5 Å². The molecule has 0 aliphatic carbocycles. The topological polar surface area (TPSA) is 44.4 Å². The van der Waals surface area contributed by atoms with Crippen LogP contribution >= 0.6 is 0 Å². The van der Waals surface area contributed by atoms with Gasteiger partial charge in [0.2, 0.25) is 5.91 Å². The van der Waals surface area contributed by atoms with E-state index in [4.69, 9.17) is 0 Å². The largest absolute Gasteiger partial charge is 0.374 e. The second kappa shape index (κ2) is 5.87. The van der Waals surface area contributed by atoms with Gasteiger partial charge in [0.05, 0.1) is 6.54 Å². The molecule has 1 heterocycles. The third-order valence-electron chi connectivity index (χ3n) is 3.39. The number of hydrogen-bond acceptors (Lipinski definition) is 3. The van der Waals surface area contributed by atoms with E-state index in [9.17, 15) is 4.79 Å². The fourth-order valence-electron chi connectivity index (χ4n) is 2.36. The number of hydrogen-bond donors (Lipinski definition) is 2. The highest BCUT2D eigenvalue weighted by atomic mass is 16.1. The Morgan fingerprint density at radius 3 is 3.06 bits per heavy atom. The second-order valence-corrected chi connectivity index (χ2v) is 4.76. The van der Waals surface area contributed by atoms with Gasteiger partial charge in [-0.25, -0.2) is 0 Å². The lowest BCUT2D eigenvalue weighted by molar-refractivity contribution is -0.119. The van der Waals surface area contributed by atoms with Crippen molar-refractivity contribution in [1.82, 2.24) is 10.6 Å². The summed E-state index contributed by atoms with van der Waals surface area (Å²) >= 11 is 0. The van der Waals surface area contributed by atoms with Crippen LogP contribution in [0, 0.1) is 0 Å². The minimum atomic E-state index is 0.0210. The van der Waals surface area contributed by atoms with Crippen molar-refractivity contribution in [3.05, 3.63) is 29.3 Å². The average Bonchev–Trinajstić information content (AvgIpc) is 2.38. The summed E-state index contributed by atoms with van der Waals surface area (Å²) in [5.74, 6) is 0.0210. The van der Waals surface area contributed by atoms with Gasteiger partial charge in [0.1, 0.15) is 0 Å². The quantitative estimate of drug-likeness (QED) is 0.831. The van der Waals surface area contributed by atoms with Crippen LogP contribution in [-0.4, -0.2) is 33.1 Å². The van der Waals surface area contributed by atoms with Gasteiger partial charge in [-0.1, -0.05) is 12.1 Å². The zero-order valence-electron chi connectivity index (χ0n) is 11.1. The molecule has 1 aromatic carbocycles. The standard InChI is InChI=1S/C14H21N3O/c1-15-14(18)10-16-9-11-5-6-13-12(8-11)4-3-7-17(13)2/h5-6,8,16H,3-4,7,9-10H2,1-2H3,(H,15,18). The van der Waals surface area contributed by atoms with Crippen molar-refractivity contribution < 1.29 is 4.79 Å². The van der Waals surface area contributed by atoms with Gasteiger partial charge in [-0.3, -0.25) is 4.79 Å². The zero-order chi connectivity index (χ0) is 13.0. The fraction of sp³-hybridized carbons (Fsp3) is 0.500. The third kappa shape index (κ3) is 3.01. The maximum atomic E-state index is 11.1. The normalized spacial score (nSPS) is 14.2. The molecule has 1 aromatic rings. The molecule has 0 saturated heterocycles. The predicted molar refractivity (Wildman–Crippen MR) is 73.8 cm³/mol. The van der Waals surface area contributed by atoms with E-state index in [1.165, 1.54) is 23.2 Å². The van der Waals surface area contributed by atoms with Crippen LogP contribution in [0.4, 0.5) is 5.69 Å². The van der Waals surface area contributed by atoms with Gasteiger partial charge in [-0.15, -0.1) is 0 Å². The molecule has 1 amide bonds. The summed E-state index contributed by atoms with van der Waals surface area (Å²) in [6, 6.07) is 6.57. The molecule has 2 rings (SSSR count). The molecule has 4 heteroatoms. The van der Waals surface area contributed by atoms with Gasteiger partial charge >= 0.3 is 0 Å². The molecule has 4 nitrogen and oxygen atoms in total. The Morgan fingerprint density at radius 1 is 1.44 bits per heavy atom. The molecule has 0 bridgehead atoms. The first kappa shape index (κ1) is 12.9. The SMILES string of the molecule is CNC(=O)CNCc1ccc2c(c1)CCCN2C. The van der Waals surface area contributed by atoms with Gasteiger partial charge < -0.3 is 15.5 Å². The molecular weight excluding hydrogens is 226 g/mol. The third-order valence-corrected chi connectivity index (χ3v) is 3.39. The summed E-state index contributed by atoms with van der Waals surface area (Å²) in [6.45, 7) is 2.25. The van der Waals surface area contributed by atoms with Crippen LogP contribution in [0.1, 0.15) is 17.5 Å². The molecule has 0 spiro atoms. The van der Waals surface area contributed by atoms with E-state index in [1.807, 2.05) is 0 Å². The molecule has 0 radical (unpaired) electrons. The Bertz CT molecular complexity index is 431. The van der Waals surface area contributed by atoms with Crippen LogP contribution in [0.25, 0.3) is 0 Å². The monoisotopic (exact) mass is 247 g/mol. The Kier molecular flexibility index (Phi) is 4.20. The van der Waals surface area contributed by atoms with E-state index < -0.39 is 0 Å². The van der Waals surface area contributed by atoms with Crippen LogP contribution in [0.2, 0.25) is 0 Å². The van der Waals surface area contributed by atoms with Crippen LogP contribution in [0.15, 0.2) is 18.2 Å². The fourth-order valence-corrected chi connectivity index (χ4v) is 2.36. The summed E-state index contributed by atoms with van der Waals surface area (Å²) in [6.07, 6.45) is 2.38. The lowest BCUT2D eigenvalue weighted by Gasteiger charge is -2.27.